The number of nitrogens with two attached hydrogens (primary N) is 1. The molecule has 1 aliphatic rings. The molecule has 0 spiro atoms. The Balaban J connectivity index is 2.11. The standard InChI is InChI=1S/C14H21NO/c1-3-11(2)8-14(15)9-12-6-4-5-7-13(12)16-10-14/h4-7,11H,3,8-10,15H2,1-2H3. The van der Waals surface area contributed by atoms with Gasteiger partial charge in [0.25, 0.3) is 0 Å². The summed E-state index contributed by atoms with van der Waals surface area (Å²) in [5.41, 5.74) is 7.50. The molecule has 0 amide bonds. The average Bonchev–Trinajstić information content (AvgIpc) is 2.28. The molecule has 1 heterocycles. The van der Waals surface area contributed by atoms with Gasteiger partial charge in [-0.15, -0.1) is 0 Å². The van der Waals surface area contributed by atoms with Crippen LogP contribution in [0.2, 0.25) is 0 Å². The molecule has 0 saturated carbocycles. The Morgan fingerprint density at radius 1 is 1.44 bits per heavy atom. The summed E-state index contributed by atoms with van der Waals surface area (Å²) in [6.07, 6.45) is 3.16. The second-order valence-electron chi connectivity index (χ2n) is 5.15. The smallest absolute Gasteiger partial charge is 0.122 e. The maximum Gasteiger partial charge on any atom is 0.122 e. The zero-order chi connectivity index (χ0) is 11.6. The topological polar surface area (TPSA) is 35.2 Å². The molecule has 0 aliphatic carbocycles. The van der Waals surface area contributed by atoms with Crippen LogP contribution < -0.4 is 10.5 Å². The number of hydrogen-bond acceptors (Lipinski definition) is 2. The summed E-state index contributed by atoms with van der Waals surface area (Å²) in [6.45, 7) is 5.12. The van der Waals surface area contributed by atoms with Gasteiger partial charge in [0.15, 0.2) is 0 Å². The summed E-state index contributed by atoms with van der Waals surface area (Å²) in [4.78, 5) is 0. The summed E-state index contributed by atoms with van der Waals surface area (Å²) >= 11 is 0. The zero-order valence-corrected chi connectivity index (χ0v) is 10.2. The highest BCUT2D eigenvalue weighted by atomic mass is 16.5. The van der Waals surface area contributed by atoms with E-state index in [0.29, 0.717) is 12.5 Å². The van der Waals surface area contributed by atoms with Crippen LogP contribution in [0.4, 0.5) is 0 Å². The summed E-state index contributed by atoms with van der Waals surface area (Å²) < 4.78 is 5.76. The molecule has 2 nitrogen and oxygen atoms in total. The van der Waals surface area contributed by atoms with E-state index in [1.807, 2.05) is 12.1 Å². The monoisotopic (exact) mass is 219 g/mol. The predicted molar refractivity (Wildman–Crippen MR) is 66.6 cm³/mol. The Hall–Kier alpha value is -1.02. The van der Waals surface area contributed by atoms with Gasteiger partial charge in [-0.1, -0.05) is 38.5 Å². The lowest BCUT2D eigenvalue weighted by Gasteiger charge is -2.36. The maximum atomic E-state index is 6.43. The lowest BCUT2D eigenvalue weighted by atomic mass is 9.82. The number of fused-ring (bicyclic) bond motifs is 1. The van der Waals surface area contributed by atoms with Crippen LogP contribution >= 0.6 is 0 Å². The first-order chi connectivity index (χ1) is 7.63. The second-order valence-corrected chi connectivity index (χ2v) is 5.15. The molecule has 2 heteroatoms. The van der Waals surface area contributed by atoms with Gasteiger partial charge in [-0.2, -0.15) is 0 Å². The van der Waals surface area contributed by atoms with Crippen LogP contribution in [0.1, 0.15) is 32.3 Å². The van der Waals surface area contributed by atoms with Gasteiger partial charge in [0, 0.05) is 0 Å². The van der Waals surface area contributed by atoms with Crippen molar-refractivity contribution in [3.63, 3.8) is 0 Å². The normalized spacial score (nSPS) is 25.7. The fourth-order valence-electron chi connectivity index (χ4n) is 2.41. The van der Waals surface area contributed by atoms with Crippen molar-refractivity contribution in [3.05, 3.63) is 29.8 Å². The van der Waals surface area contributed by atoms with Crippen molar-refractivity contribution in [2.45, 2.75) is 38.6 Å². The van der Waals surface area contributed by atoms with Gasteiger partial charge in [0.05, 0.1) is 5.54 Å². The summed E-state index contributed by atoms with van der Waals surface area (Å²) in [6, 6.07) is 8.21. The highest BCUT2D eigenvalue weighted by Crippen LogP contribution is 2.31. The molecule has 88 valence electrons. The van der Waals surface area contributed by atoms with Gasteiger partial charge < -0.3 is 10.5 Å². The van der Waals surface area contributed by atoms with Crippen LogP contribution in [0, 0.1) is 5.92 Å². The molecule has 1 aliphatic heterocycles. The van der Waals surface area contributed by atoms with E-state index in [1.54, 1.807) is 0 Å². The SMILES string of the molecule is CCC(C)CC1(N)COc2ccccc2C1. The van der Waals surface area contributed by atoms with Crippen LogP contribution in [-0.4, -0.2) is 12.1 Å². The zero-order valence-electron chi connectivity index (χ0n) is 10.2. The van der Waals surface area contributed by atoms with E-state index < -0.39 is 0 Å². The van der Waals surface area contributed by atoms with E-state index >= 15 is 0 Å². The molecule has 1 aromatic carbocycles. The number of ether oxygens (including phenoxy) is 1. The molecule has 0 saturated heterocycles. The van der Waals surface area contributed by atoms with Crippen LogP contribution in [0.15, 0.2) is 24.3 Å². The van der Waals surface area contributed by atoms with Gasteiger partial charge in [-0.05, 0) is 30.4 Å². The largest absolute Gasteiger partial charge is 0.491 e. The molecular formula is C14H21NO. The second kappa shape index (κ2) is 4.46. The van der Waals surface area contributed by atoms with Crippen molar-refractivity contribution in [2.75, 3.05) is 6.61 Å². The third-order valence-corrected chi connectivity index (χ3v) is 3.48. The molecule has 16 heavy (non-hydrogen) atoms. The van der Waals surface area contributed by atoms with Gasteiger partial charge in [0.1, 0.15) is 12.4 Å². The van der Waals surface area contributed by atoms with Crippen molar-refractivity contribution in [2.24, 2.45) is 11.7 Å². The van der Waals surface area contributed by atoms with Crippen LogP contribution in [-0.2, 0) is 6.42 Å². The third-order valence-electron chi connectivity index (χ3n) is 3.48. The van der Waals surface area contributed by atoms with Crippen molar-refractivity contribution in [1.82, 2.24) is 0 Å². The lowest BCUT2D eigenvalue weighted by Crippen LogP contribution is -2.51. The van der Waals surface area contributed by atoms with Gasteiger partial charge in [-0.3, -0.25) is 0 Å². The minimum atomic E-state index is -0.177. The van der Waals surface area contributed by atoms with Crippen LogP contribution in [0.3, 0.4) is 0 Å². The maximum absolute atomic E-state index is 6.43. The Labute approximate surface area is 97.8 Å². The van der Waals surface area contributed by atoms with Crippen molar-refractivity contribution in [1.29, 1.82) is 0 Å². The van der Waals surface area contributed by atoms with Crippen molar-refractivity contribution in [3.8, 4) is 5.75 Å². The lowest BCUT2D eigenvalue weighted by molar-refractivity contribution is 0.165. The Kier molecular flexibility index (Phi) is 3.20. The molecule has 2 rings (SSSR count). The van der Waals surface area contributed by atoms with E-state index in [4.69, 9.17) is 10.5 Å². The number of benzene rings is 1. The van der Waals surface area contributed by atoms with Crippen LogP contribution in [0.25, 0.3) is 0 Å². The van der Waals surface area contributed by atoms with Crippen molar-refractivity contribution >= 4 is 0 Å². The Bertz CT molecular complexity index is 364. The molecule has 0 fully saturated rings. The number of rotatable bonds is 3. The van der Waals surface area contributed by atoms with Crippen LogP contribution in [0.5, 0.6) is 5.75 Å². The highest BCUT2D eigenvalue weighted by Gasteiger charge is 2.32. The minimum Gasteiger partial charge on any atom is -0.491 e. The first-order valence-electron chi connectivity index (χ1n) is 6.12. The number of para-hydroxylation sites is 1. The fraction of sp³-hybridized carbons (Fsp3) is 0.571. The van der Waals surface area contributed by atoms with E-state index in [9.17, 15) is 0 Å². The van der Waals surface area contributed by atoms with Gasteiger partial charge >= 0.3 is 0 Å². The van der Waals surface area contributed by atoms with E-state index in [2.05, 4.69) is 26.0 Å². The average molecular weight is 219 g/mol. The number of hydrogen-bond donors (Lipinski definition) is 1. The Morgan fingerprint density at radius 2 is 2.19 bits per heavy atom. The Morgan fingerprint density at radius 3 is 2.94 bits per heavy atom. The molecule has 0 radical (unpaired) electrons. The van der Waals surface area contributed by atoms with Gasteiger partial charge in [0.2, 0.25) is 0 Å². The molecule has 0 aromatic heterocycles. The minimum absolute atomic E-state index is 0.177. The van der Waals surface area contributed by atoms with Gasteiger partial charge in [-0.25, -0.2) is 0 Å². The fourth-order valence-corrected chi connectivity index (χ4v) is 2.41. The van der Waals surface area contributed by atoms with E-state index in [0.717, 1.165) is 18.6 Å². The summed E-state index contributed by atoms with van der Waals surface area (Å²) in [7, 11) is 0. The molecule has 2 unspecified atom stereocenters. The highest BCUT2D eigenvalue weighted by molar-refractivity contribution is 5.36. The van der Waals surface area contributed by atoms with E-state index in [1.165, 1.54) is 12.0 Å². The quantitative estimate of drug-likeness (QED) is 0.848. The summed E-state index contributed by atoms with van der Waals surface area (Å²) in [5, 5.41) is 0. The third kappa shape index (κ3) is 2.38. The molecule has 2 N–H and O–H groups in total. The molecular weight excluding hydrogens is 198 g/mol. The predicted octanol–water partition coefficient (Wildman–Crippen LogP) is 2.76. The van der Waals surface area contributed by atoms with Crippen molar-refractivity contribution < 1.29 is 4.74 Å². The molecule has 2 atom stereocenters. The van der Waals surface area contributed by atoms with E-state index in [-0.39, 0.29) is 5.54 Å². The summed E-state index contributed by atoms with van der Waals surface area (Å²) in [5.74, 6) is 1.67. The molecule has 0 bridgehead atoms. The first kappa shape index (κ1) is 11.5. The first-order valence-corrected chi connectivity index (χ1v) is 6.12. The molecule has 1 aromatic rings.